The van der Waals surface area contributed by atoms with Crippen LogP contribution in [0.25, 0.3) is 0 Å². The Labute approximate surface area is 155 Å². The molecule has 8 heteroatoms. The monoisotopic (exact) mass is 452 g/mol. The lowest BCUT2D eigenvalue weighted by Crippen LogP contribution is -2.28. The number of rotatable bonds is 4. The second-order valence-electron chi connectivity index (χ2n) is 5.93. The molecule has 1 aliphatic heterocycles. The fraction of sp³-hybridized carbons (Fsp3) is 0.533. The molecule has 6 nitrogen and oxygen atoms in total. The van der Waals surface area contributed by atoms with E-state index in [9.17, 15) is 8.42 Å². The Morgan fingerprint density at radius 2 is 2.09 bits per heavy atom. The number of anilines is 1. The third-order valence-corrected chi connectivity index (χ3v) is 5.29. The molecular weight excluding hydrogens is 427 g/mol. The van der Waals surface area contributed by atoms with E-state index >= 15 is 0 Å². The van der Waals surface area contributed by atoms with Gasteiger partial charge in [-0.15, -0.1) is 24.0 Å². The number of aryl methyl sites for hydroxylation is 2. The number of benzene rings is 1. The van der Waals surface area contributed by atoms with Crippen LogP contribution in [0.2, 0.25) is 0 Å². The summed E-state index contributed by atoms with van der Waals surface area (Å²) in [5.74, 6) is 0.593. The minimum absolute atomic E-state index is 0. The van der Waals surface area contributed by atoms with E-state index in [1.165, 1.54) is 21.7 Å². The quantitative estimate of drug-likeness (QED) is 0.415. The Kier molecular flexibility index (Phi) is 7.28. The summed E-state index contributed by atoms with van der Waals surface area (Å²) in [4.78, 5) is 4.33. The maximum atomic E-state index is 11.5. The van der Waals surface area contributed by atoms with Crippen molar-refractivity contribution in [3.8, 4) is 0 Å². The Morgan fingerprint density at radius 3 is 2.65 bits per heavy atom. The number of nitrogens with one attached hydrogen (secondary N) is 1. The van der Waals surface area contributed by atoms with E-state index in [0.29, 0.717) is 25.6 Å². The minimum Gasteiger partial charge on any atom is -0.370 e. The van der Waals surface area contributed by atoms with Gasteiger partial charge in [-0.3, -0.25) is 4.99 Å². The van der Waals surface area contributed by atoms with Gasteiger partial charge in [0.15, 0.2) is 5.96 Å². The van der Waals surface area contributed by atoms with Crippen molar-refractivity contribution in [3.05, 3.63) is 29.3 Å². The molecule has 0 amide bonds. The van der Waals surface area contributed by atoms with E-state index in [1.54, 1.807) is 0 Å². The molecular formula is C15H25IN4O2S. The molecule has 1 aliphatic rings. The molecule has 1 atom stereocenters. The van der Waals surface area contributed by atoms with E-state index < -0.39 is 10.0 Å². The summed E-state index contributed by atoms with van der Waals surface area (Å²) in [5, 5.41) is 3.07. The molecule has 1 aromatic rings. The Bertz CT molecular complexity index is 676. The van der Waals surface area contributed by atoms with Gasteiger partial charge in [-0.2, -0.15) is 0 Å². The molecule has 1 unspecified atom stereocenters. The summed E-state index contributed by atoms with van der Waals surface area (Å²) in [6.07, 6.45) is 2.07. The summed E-state index contributed by atoms with van der Waals surface area (Å²) < 4.78 is 24.4. The molecule has 0 bridgehead atoms. The lowest BCUT2D eigenvalue weighted by molar-refractivity contribution is 0.464. The largest absolute Gasteiger partial charge is 0.370 e. The Morgan fingerprint density at radius 1 is 1.39 bits per heavy atom. The number of hydrogen-bond acceptors (Lipinski definition) is 3. The molecule has 1 fully saturated rings. The van der Waals surface area contributed by atoms with Crippen LogP contribution < -0.4 is 11.1 Å². The molecule has 2 rings (SSSR count). The minimum atomic E-state index is -3.09. The molecule has 0 saturated carbocycles. The number of sulfonamides is 1. The fourth-order valence-electron chi connectivity index (χ4n) is 2.48. The van der Waals surface area contributed by atoms with E-state index in [0.717, 1.165) is 12.1 Å². The van der Waals surface area contributed by atoms with Gasteiger partial charge in [0.25, 0.3) is 0 Å². The summed E-state index contributed by atoms with van der Waals surface area (Å²) in [6, 6.07) is 6.02. The average Bonchev–Trinajstić information content (AvgIpc) is 2.89. The standard InChI is InChI=1S/C15H24N4O2S.HI/c1-11-4-5-14(8-12(11)2)18-15(16)17-9-13-6-7-19(10-13)22(3,20)21;/h4-5,8,13H,6-7,9-10H2,1-3H3,(H3,16,17,18);1H. The van der Waals surface area contributed by atoms with E-state index in [-0.39, 0.29) is 29.9 Å². The second kappa shape index (κ2) is 8.29. The first-order chi connectivity index (χ1) is 10.3. The van der Waals surface area contributed by atoms with E-state index in [1.807, 2.05) is 25.1 Å². The lowest BCUT2D eigenvalue weighted by atomic mass is 10.1. The highest BCUT2D eigenvalue weighted by Crippen LogP contribution is 2.19. The number of nitrogens with zero attached hydrogens (tertiary/aromatic N) is 2. The van der Waals surface area contributed by atoms with Crippen LogP contribution >= 0.6 is 24.0 Å². The normalized spacial score (nSPS) is 19.4. The molecule has 0 aromatic heterocycles. The predicted molar refractivity (Wildman–Crippen MR) is 106 cm³/mol. The molecule has 0 aliphatic carbocycles. The zero-order valence-corrected chi connectivity index (χ0v) is 16.9. The van der Waals surface area contributed by atoms with Gasteiger partial charge >= 0.3 is 0 Å². The van der Waals surface area contributed by atoms with Crippen molar-refractivity contribution >= 4 is 45.6 Å². The third-order valence-electron chi connectivity index (χ3n) is 4.02. The summed E-state index contributed by atoms with van der Waals surface area (Å²) in [7, 11) is -3.09. The zero-order chi connectivity index (χ0) is 16.3. The van der Waals surface area contributed by atoms with Crippen LogP contribution in [0.4, 0.5) is 5.69 Å². The smallest absolute Gasteiger partial charge is 0.211 e. The van der Waals surface area contributed by atoms with E-state index in [2.05, 4.69) is 17.2 Å². The number of guanidine groups is 1. The zero-order valence-electron chi connectivity index (χ0n) is 13.7. The summed E-state index contributed by atoms with van der Waals surface area (Å²) in [5.41, 5.74) is 9.23. The van der Waals surface area contributed by atoms with Crippen LogP contribution in [0, 0.1) is 19.8 Å². The topological polar surface area (TPSA) is 87.8 Å². The third kappa shape index (κ3) is 5.92. The fourth-order valence-corrected chi connectivity index (χ4v) is 3.40. The maximum Gasteiger partial charge on any atom is 0.211 e. The highest BCUT2D eigenvalue weighted by molar-refractivity contribution is 14.0. The van der Waals surface area contributed by atoms with Crippen LogP contribution in [0.1, 0.15) is 17.5 Å². The lowest BCUT2D eigenvalue weighted by Gasteiger charge is -2.12. The number of halogens is 1. The number of nitrogens with two attached hydrogens (primary N) is 1. The van der Waals surface area contributed by atoms with Gasteiger partial charge in [-0.1, -0.05) is 6.07 Å². The first-order valence-electron chi connectivity index (χ1n) is 7.35. The first kappa shape index (κ1) is 20.2. The molecule has 1 saturated heterocycles. The van der Waals surface area contributed by atoms with Gasteiger partial charge in [-0.05, 0) is 49.4 Å². The molecule has 1 heterocycles. The van der Waals surface area contributed by atoms with Gasteiger partial charge in [0.05, 0.1) is 6.26 Å². The second-order valence-corrected chi connectivity index (χ2v) is 7.91. The SMILES string of the molecule is Cc1ccc(NC(N)=NCC2CCN(S(C)(=O)=O)C2)cc1C.I. The molecule has 1 aromatic carbocycles. The van der Waals surface area contributed by atoms with Crippen LogP contribution in [-0.2, 0) is 10.0 Å². The van der Waals surface area contributed by atoms with Crippen molar-refractivity contribution in [3.63, 3.8) is 0 Å². The molecule has 0 spiro atoms. The van der Waals surface area contributed by atoms with Crippen molar-refractivity contribution in [1.29, 1.82) is 0 Å². The van der Waals surface area contributed by atoms with Crippen molar-refractivity contribution in [2.24, 2.45) is 16.6 Å². The molecule has 3 N–H and O–H groups in total. The van der Waals surface area contributed by atoms with E-state index in [4.69, 9.17) is 5.73 Å². The first-order valence-corrected chi connectivity index (χ1v) is 9.20. The van der Waals surface area contributed by atoms with Gasteiger partial charge < -0.3 is 11.1 Å². The average molecular weight is 452 g/mol. The summed E-state index contributed by atoms with van der Waals surface area (Å²) in [6.45, 7) is 5.74. The van der Waals surface area contributed by atoms with Crippen LogP contribution in [0.15, 0.2) is 23.2 Å². The molecule has 130 valence electrons. The highest BCUT2D eigenvalue weighted by Gasteiger charge is 2.28. The van der Waals surface area contributed by atoms with Gasteiger partial charge in [0, 0.05) is 25.3 Å². The Hall–Kier alpha value is -0.870. The molecule has 0 radical (unpaired) electrons. The van der Waals surface area contributed by atoms with Gasteiger partial charge in [-0.25, -0.2) is 12.7 Å². The van der Waals surface area contributed by atoms with Crippen molar-refractivity contribution < 1.29 is 8.42 Å². The van der Waals surface area contributed by atoms with Crippen molar-refractivity contribution in [1.82, 2.24) is 4.31 Å². The Balaban J connectivity index is 0.00000264. The molecule has 23 heavy (non-hydrogen) atoms. The van der Waals surface area contributed by atoms with Crippen LogP contribution in [-0.4, -0.2) is 44.6 Å². The highest BCUT2D eigenvalue weighted by atomic mass is 127. The number of hydrogen-bond donors (Lipinski definition) is 2. The van der Waals surface area contributed by atoms with Gasteiger partial charge in [0.2, 0.25) is 10.0 Å². The van der Waals surface area contributed by atoms with Crippen molar-refractivity contribution in [2.45, 2.75) is 20.3 Å². The summed E-state index contributed by atoms with van der Waals surface area (Å²) >= 11 is 0. The van der Waals surface area contributed by atoms with Crippen LogP contribution in [0.3, 0.4) is 0 Å². The van der Waals surface area contributed by atoms with Gasteiger partial charge in [0.1, 0.15) is 0 Å². The van der Waals surface area contributed by atoms with Crippen LogP contribution in [0.5, 0.6) is 0 Å². The van der Waals surface area contributed by atoms with Crippen molar-refractivity contribution in [2.75, 3.05) is 31.2 Å². The predicted octanol–water partition coefficient (Wildman–Crippen LogP) is 1.93. The maximum absolute atomic E-state index is 11.5. The number of aliphatic imine (C=N–C) groups is 1.